The van der Waals surface area contributed by atoms with E-state index in [2.05, 4.69) is 42.2 Å². The van der Waals surface area contributed by atoms with Gasteiger partial charge in [-0.3, -0.25) is 4.90 Å². The summed E-state index contributed by atoms with van der Waals surface area (Å²) in [6.45, 7) is 4.23. The summed E-state index contributed by atoms with van der Waals surface area (Å²) in [5.74, 6) is 0. The van der Waals surface area contributed by atoms with Gasteiger partial charge in [0, 0.05) is 6.54 Å². The number of hydrogen-bond donors (Lipinski definition) is 1. The van der Waals surface area contributed by atoms with Gasteiger partial charge in [-0.25, -0.2) is 0 Å². The fourth-order valence-electron chi connectivity index (χ4n) is 2.87. The highest BCUT2D eigenvalue weighted by Crippen LogP contribution is 2.30. The predicted molar refractivity (Wildman–Crippen MR) is 72.5 cm³/mol. The average Bonchev–Trinajstić information content (AvgIpc) is 2.38. The fraction of sp³-hybridized carbons (Fsp3) is 0.600. The van der Waals surface area contributed by atoms with Crippen LogP contribution in [0.1, 0.15) is 44.6 Å². The fourth-order valence-corrected chi connectivity index (χ4v) is 2.87. The summed E-state index contributed by atoms with van der Waals surface area (Å²) in [6, 6.07) is 10.7. The van der Waals surface area contributed by atoms with Gasteiger partial charge in [0.15, 0.2) is 0 Å². The number of rotatable bonds is 4. The molecule has 1 aliphatic rings. The molecule has 2 heteroatoms. The Morgan fingerprint density at radius 3 is 2.35 bits per heavy atom. The first-order valence-electron chi connectivity index (χ1n) is 6.82. The third kappa shape index (κ3) is 3.08. The van der Waals surface area contributed by atoms with Gasteiger partial charge in [0.05, 0.1) is 5.66 Å². The van der Waals surface area contributed by atoms with Crippen LogP contribution in [0.15, 0.2) is 30.3 Å². The van der Waals surface area contributed by atoms with Crippen LogP contribution in [0.25, 0.3) is 0 Å². The highest BCUT2D eigenvalue weighted by Gasteiger charge is 2.32. The van der Waals surface area contributed by atoms with Crippen LogP contribution in [0.5, 0.6) is 0 Å². The maximum absolute atomic E-state index is 6.59. The lowest BCUT2D eigenvalue weighted by Gasteiger charge is -2.43. The molecule has 0 spiro atoms. The van der Waals surface area contributed by atoms with Crippen LogP contribution in [0, 0.1) is 0 Å². The highest BCUT2D eigenvalue weighted by molar-refractivity contribution is 5.15. The van der Waals surface area contributed by atoms with Gasteiger partial charge in [-0.1, -0.05) is 56.5 Å². The molecule has 0 aromatic heterocycles. The van der Waals surface area contributed by atoms with Crippen molar-refractivity contribution in [1.29, 1.82) is 0 Å². The van der Waals surface area contributed by atoms with Crippen molar-refractivity contribution in [3.05, 3.63) is 35.9 Å². The van der Waals surface area contributed by atoms with Crippen molar-refractivity contribution in [2.75, 3.05) is 6.54 Å². The molecule has 1 aromatic rings. The lowest BCUT2D eigenvalue weighted by atomic mass is 9.88. The molecule has 1 fully saturated rings. The van der Waals surface area contributed by atoms with Gasteiger partial charge in [0.25, 0.3) is 0 Å². The van der Waals surface area contributed by atoms with Crippen molar-refractivity contribution in [3.63, 3.8) is 0 Å². The quantitative estimate of drug-likeness (QED) is 0.808. The van der Waals surface area contributed by atoms with E-state index < -0.39 is 0 Å². The Kier molecular flexibility index (Phi) is 4.19. The molecule has 17 heavy (non-hydrogen) atoms. The Morgan fingerprint density at radius 2 is 1.76 bits per heavy atom. The number of benzene rings is 1. The van der Waals surface area contributed by atoms with Crippen LogP contribution < -0.4 is 5.73 Å². The Labute approximate surface area is 105 Å². The van der Waals surface area contributed by atoms with Crippen molar-refractivity contribution < 1.29 is 0 Å². The molecule has 0 bridgehead atoms. The minimum atomic E-state index is -0.0666. The molecule has 2 rings (SSSR count). The number of nitrogens with zero attached hydrogens (tertiary/aromatic N) is 1. The van der Waals surface area contributed by atoms with Gasteiger partial charge in [0.2, 0.25) is 0 Å². The van der Waals surface area contributed by atoms with Crippen molar-refractivity contribution >= 4 is 0 Å². The summed E-state index contributed by atoms with van der Waals surface area (Å²) in [5, 5.41) is 0. The molecule has 0 unspecified atom stereocenters. The van der Waals surface area contributed by atoms with Crippen LogP contribution in [0.4, 0.5) is 0 Å². The SMILES string of the molecule is CCN(Cc1ccccc1)C1(N)CCCCC1. The first kappa shape index (κ1) is 12.6. The second kappa shape index (κ2) is 5.65. The second-order valence-corrected chi connectivity index (χ2v) is 5.16. The first-order chi connectivity index (χ1) is 8.24. The minimum absolute atomic E-state index is 0.0666. The van der Waals surface area contributed by atoms with Crippen LogP contribution >= 0.6 is 0 Å². The molecule has 2 N–H and O–H groups in total. The van der Waals surface area contributed by atoms with Crippen LogP contribution in [-0.2, 0) is 6.54 Å². The predicted octanol–water partition coefficient (Wildman–Crippen LogP) is 3.13. The summed E-state index contributed by atoms with van der Waals surface area (Å²) in [5.41, 5.74) is 7.89. The van der Waals surface area contributed by atoms with E-state index >= 15 is 0 Å². The molecule has 0 amide bonds. The minimum Gasteiger partial charge on any atom is -0.313 e. The molecule has 0 atom stereocenters. The van der Waals surface area contributed by atoms with Gasteiger partial charge in [-0.05, 0) is 24.9 Å². The van der Waals surface area contributed by atoms with Crippen molar-refractivity contribution in [1.82, 2.24) is 4.90 Å². The topological polar surface area (TPSA) is 29.3 Å². The van der Waals surface area contributed by atoms with Gasteiger partial charge < -0.3 is 5.73 Å². The average molecular weight is 232 g/mol. The molecule has 0 saturated heterocycles. The normalized spacial score (nSPS) is 19.5. The second-order valence-electron chi connectivity index (χ2n) is 5.16. The van der Waals surface area contributed by atoms with Gasteiger partial charge in [0.1, 0.15) is 0 Å². The third-order valence-corrected chi connectivity index (χ3v) is 3.95. The molecule has 2 nitrogen and oxygen atoms in total. The Morgan fingerprint density at radius 1 is 1.12 bits per heavy atom. The van der Waals surface area contributed by atoms with Crippen molar-refractivity contribution in [3.8, 4) is 0 Å². The van der Waals surface area contributed by atoms with Crippen molar-refractivity contribution in [2.45, 2.75) is 51.2 Å². The summed E-state index contributed by atoms with van der Waals surface area (Å²) in [4.78, 5) is 2.45. The third-order valence-electron chi connectivity index (χ3n) is 3.95. The van der Waals surface area contributed by atoms with E-state index in [4.69, 9.17) is 5.73 Å². The molecule has 1 aliphatic carbocycles. The van der Waals surface area contributed by atoms with Crippen LogP contribution in [0.2, 0.25) is 0 Å². The lowest BCUT2D eigenvalue weighted by Crippen LogP contribution is -2.56. The molecule has 1 saturated carbocycles. The molecular formula is C15H24N2. The van der Waals surface area contributed by atoms with E-state index in [0.29, 0.717) is 0 Å². The molecule has 0 heterocycles. The summed E-state index contributed by atoms with van der Waals surface area (Å²) in [6.07, 6.45) is 6.20. The van der Waals surface area contributed by atoms with E-state index in [-0.39, 0.29) is 5.66 Å². The summed E-state index contributed by atoms with van der Waals surface area (Å²) >= 11 is 0. The zero-order valence-electron chi connectivity index (χ0n) is 10.9. The maximum Gasteiger partial charge on any atom is 0.0689 e. The lowest BCUT2D eigenvalue weighted by molar-refractivity contribution is 0.0527. The Bertz CT molecular complexity index is 328. The number of hydrogen-bond acceptors (Lipinski definition) is 2. The first-order valence-corrected chi connectivity index (χ1v) is 6.82. The molecule has 1 aromatic carbocycles. The zero-order chi connectivity index (χ0) is 12.1. The Hall–Kier alpha value is -0.860. The van der Waals surface area contributed by atoms with E-state index in [1.807, 2.05) is 0 Å². The van der Waals surface area contributed by atoms with E-state index in [0.717, 1.165) is 25.9 Å². The van der Waals surface area contributed by atoms with E-state index in [9.17, 15) is 0 Å². The largest absolute Gasteiger partial charge is 0.313 e. The van der Waals surface area contributed by atoms with Gasteiger partial charge in [-0.2, -0.15) is 0 Å². The molecular weight excluding hydrogens is 208 g/mol. The molecule has 0 aliphatic heterocycles. The molecule has 94 valence electrons. The molecule has 0 radical (unpaired) electrons. The highest BCUT2D eigenvalue weighted by atomic mass is 15.3. The number of nitrogens with two attached hydrogens (primary N) is 1. The van der Waals surface area contributed by atoms with Crippen LogP contribution in [0.3, 0.4) is 0 Å². The van der Waals surface area contributed by atoms with E-state index in [1.54, 1.807) is 0 Å². The zero-order valence-corrected chi connectivity index (χ0v) is 10.9. The summed E-state index contributed by atoms with van der Waals surface area (Å²) in [7, 11) is 0. The van der Waals surface area contributed by atoms with Crippen LogP contribution in [-0.4, -0.2) is 17.1 Å². The van der Waals surface area contributed by atoms with E-state index in [1.165, 1.54) is 24.8 Å². The van der Waals surface area contributed by atoms with Gasteiger partial charge >= 0.3 is 0 Å². The standard InChI is InChI=1S/C15H24N2/c1-2-17(13-14-9-5-3-6-10-14)15(16)11-7-4-8-12-15/h3,5-6,9-10H,2,4,7-8,11-13,16H2,1H3. The maximum atomic E-state index is 6.59. The smallest absolute Gasteiger partial charge is 0.0689 e. The van der Waals surface area contributed by atoms with Crippen molar-refractivity contribution in [2.24, 2.45) is 5.73 Å². The summed E-state index contributed by atoms with van der Waals surface area (Å²) < 4.78 is 0. The van der Waals surface area contributed by atoms with Gasteiger partial charge in [-0.15, -0.1) is 0 Å². The Balaban J connectivity index is 2.05. The monoisotopic (exact) mass is 232 g/mol.